The molecule has 1 atom stereocenters. The number of nitrogen functional groups attached to an aromatic ring is 1. The zero-order chi connectivity index (χ0) is 22.6. The highest BCUT2D eigenvalue weighted by molar-refractivity contribution is 7.91. The van der Waals surface area contributed by atoms with Gasteiger partial charge in [-0.3, -0.25) is 4.79 Å². The van der Waals surface area contributed by atoms with Crippen molar-refractivity contribution >= 4 is 33.1 Å². The van der Waals surface area contributed by atoms with E-state index in [1.807, 2.05) is 18.2 Å². The van der Waals surface area contributed by atoms with Gasteiger partial charge < -0.3 is 16.4 Å². The standard InChI is InChI=1S/C21H24N6O3S2/c22-20-19(21(28)26-16-6-2-8-23-12-16)27-17(13-24-20)15-5-1-4-14(10-15)11-25-32(29,30)18-7-3-9-31-18/h1,3-5,7,9-10,13,16,23,25H,2,6,8,11-12H2,(H2,22,24)(H,26,28). The minimum absolute atomic E-state index is 0.0285. The van der Waals surface area contributed by atoms with Crippen LogP contribution in [-0.4, -0.2) is 43.4 Å². The highest BCUT2D eigenvalue weighted by atomic mass is 32.2. The molecule has 1 amide bonds. The number of benzene rings is 1. The van der Waals surface area contributed by atoms with E-state index in [1.54, 1.807) is 23.6 Å². The third-order valence-electron chi connectivity index (χ3n) is 5.10. The number of piperidine rings is 1. The van der Waals surface area contributed by atoms with Gasteiger partial charge in [0.25, 0.3) is 5.91 Å². The fourth-order valence-corrected chi connectivity index (χ4v) is 5.50. The van der Waals surface area contributed by atoms with Crippen molar-refractivity contribution in [2.75, 3.05) is 18.8 Å². The molecule has 5 N–H and O–H groups in total. The second-order valence-electron chi connectivity index (χ2n) is 7.46. The van der Waals surface area contributed by atoms with Crippen LogP contribution in [0.4, 0.5) is 5.82 Å². The molecule has 0 radical (unpaired) electrons. The molecular weight excluding hydrogens is 448 g/mol. The summed E-state index contributed by atoms with van der Waals surface area (Å²) in [4.78, 5) is 21.3. The lowest BCUT2D eigenvalue weighted by atomic mass is 10.1. The molecule has 2 aromatic heterocycles. The van der Waals surface area contributed by atoms with E-state index in [-0.39, 0.29) is 34.2 Å². The summed E-state index contributed by atoms with van der Waals surface area (Å²) >= 11 is 1.16. The molecule has 3 heterocycles. The summed E-state index contributed by atoms with van der Waals surface area (Å²) in [7, 11) is -3.56. The zero-order valence-corrected chi connectivity index (χ0v) is 18.9. The van der Waals surface area contributed by atoms with Gasteiger partial charge in [-0.2, -0.15) is 0 Å². The highest BCUT2D eigenvalue weighted by Gasteiger charge is 2.20. The molecule has 1 aliphatic rings. The first-order valence-corrected chi connectivity index (χ1v) is 12.6. The van der Waals surface area contributed by atoms with Gasteiger partial charge in [-0.05, 0) is 42.5 Å². The van der Waals surface area contributed by atoms with Crippen LogP contribution in [0.2, 0.25) is 0 Å². The van der Waals surface area contributed by atoms with E-state index in [4.69, 9.17) is 5.73 Å². The largest absolute Gasteiger partial charge is 0.382 e. The molecule has 1 fully saturated rings. The molecule has 0 bridgehead atoms. The number of hydrogen-bond donors (Lipinski definition) is 4. The van der Waals surface area contributed by atoms with Crippen LogP contribution < -0.4 is 21.1 Å². The normalized spacial score (nSPS) is 16.6. The SMILES string of the molecule is Nc1ncc(-c2cccc(CNS(=O)(=O)c3cccs3)c2)nc1C(=O)NC1CCCNC1. The van der Waals surface area contributed by atoms with Gasteiger partial charge in [-0.1, -0.05) is 24.3 Å². The molecule has 11 heteroatoms. The lowest BCUT2D eigenvalue weighted by Gasteiger charge is -2.23. The number of thiophene rings is 1. The molecule has 4 rings (SSSR count). The van der Waals surface area contributed by atoms with Crippen LogP contribution in [0.5, 0.6) is 0 Å². The summed E-state index contributed by atoms with van der Waals surface area (Å²) in [5.41, 5.74) is 7.94. The van der Waals surface area contributed by atoms with Gasteiger partial charge >= 0.3 is 0 Å². The monoisotopic (exact) mass is 472 g/mol. The summed E-state index contributed by atoms with van der Waals surface area (Å²) in [6.45, 7) is 1.78. The maximum atomic E-state index is 12.7. The minimum atomic E-state index is -3.56. The van der Waals surface area contributed by atoms with E-state index in [2.05, 4.69) is 25.3 Å². The van der Waals surface area contributed by atoms with Gasteiger partial charge in [0.2, 0.25) is 10.0 Å². The van der Waals surface area contributed by atoms with Gasteiger partial charge in [0.1, 0.15) is 4.21 Å². The molecule has 168 valence electrons. The Hall–Kier alpha value is -2.86. The topological polar surface area (TPSA) is 139 Å². The molecule has 0 saturated carbocycles. The molecule has 0 spiro atoms. The quantitative estimate of drug-likeness (QED) is 0.411. The smallest absolute Gasteiger partial charge is 0.274 e. The molecule has 1 unspecified atom stereocenters. The number of nitrogens with zero attached hydrogens (tertiary/aromatic N) is 2. The summed E-state index contributed by atoms with van der Waals surface area (Å²) in [5, 5.41) is 7.92. The molecule has 0 aliphatic carbocycles. The first-order chi connectivity index (χ1) is 15.4. The number of amides is 1. The van der Waals surface area contributed by atoms with E-state index in [1.165, 1.54) is 6.20 Å². The number of aromatic nitrogens is 2. The van der Waals surface area contributed by atoms with E-state index >= 15 is 0 Å². The lowest BCUT2D eigenvalue weighted by Crippen LogP contribution is -2.46. The maximum Gasteiger partial charge on any atom is 0.274 e. The second-order valence-corrected chi connectivity index (χ2v) is 10.4. The number of hydrogen-bond acceptors (Lipinski definition) is 8. The van der Waals surface area contributed by atoms with Gasteiger partial charge in [0.05, 0.1) is 11.9 Å². The van der Waals surface area contributed by atoms with Crippen molar-refractivity contribution in [3.05, 3.63) is 59.2 Å². The number of nitrogens with one attached hydrogen (secondary N) is 3. The van der Waals surface area contributed by atoms with Gasteiger partial charge in [0.15, 0.2) is 11.5 Å². The number of anilines is 1. The summed E-state index contributed by atoms with van der Waals surface area (Å²) in [5.74, 6) is -0.291. The van der Waals surface area contributed by atoms with Crippen molar-refractivity contribution in [2.24, 2.45) is 0 Å². The Morgan fingerprint density at radius 2 is 2.16 bits per heavy atom. The highest BCUT2D eigenvalue weighted by Crippen LogP contribution is 2.21. The molecular formula is C21H24N6O3S2. The number of sulfonamides is 1. The van der Waals surface area contributed by atoms with Crippen LogP contribution in [-0.2, 0) is 16.6 Å². The van der Waals surface area contributed by atoms with Crippen LogP contribution in [0.15, 0.2) is 52.2 Å². The zero-order valence-electron chi connectivity index (χ0n) is 17.2. The van der Waals surface area contributed by atoms with Crippen molar-refractivity contribution in [1.29, 1.82) is 0 Å². The van der Waals surface area contributed by atoms with Gasteiger partial charge in [-0.25, -0.2) is 23.1 Å². The maximum absolute atomic E-state index is 12.7. The Kier molecular flexibility index (Phi) is 6.80. The first-order valence-electron chi connectivity index (χ1n) is 10.2. The first kappa shape index (κ1) is 22.3. The Morgan fingerprint density at radius 1 is 1.28 bits per heavy atom. The van der Waals surface area contributed by atoms with Crippen molar-refractivity contribution in [2.45, 2.75) is 29.6 Å². The molecule has 1 aliphatic heterocycles. The molecule has 1 aromatic carbocycles. The van der Waals surface area contributed by atoms with Crippen LogP contribution in [0.1, 0.15) is 28.9 Å². The van der Waals surface area contributed by atoms with E-state index in [0.29, 0.717) is 17.8 Å². The fourth-order valence-electron chi connectivity index (χ4n) is 3.44. The number of nitrogens with two attached hydrogens (primary N) is 1. The molecule has 3 aromatic rings. The van der Waals surface area contributed by atoms with Gasteiger partial charge in [-0.15, -0.1) is 11.3 Å². The Morgan fingerprint density at radius 3 is 2.91 bits per heavy atom. The van der Waals surface area contributed by atoms with E-state index in [9.17, 15) is 13.2 Å². The minimum Gasteiger partial charge on any atom is -0.382 e. The van der Waals surface area contributed by atoms with Crippen LogP contribution in [0, 0.1) is 0 Å². The predicted molar refractivity (Wildman–Crippen MR) is 124 cm³/mol. The number of rotatable bonds is 7. The average Bonchev–Trinajstić information content (AvgIpc) is 3.35. The lowest BCUT2D eigenvalue weighted by molar-refractivity contribution is 0.0926. The number of carbonyl (C=O) groups excluding carboxylic acids is 1. The third-order valence-corrected chi connectivity index (χ3v) is 7.90. The van der Waals surface area contributed by atoms with E-state index in [0.717, 1.165) is 36.3 Å². The Balaban J connectivity index is 1.50. The average molecular weight is 473 g/mol. The van der Waals surface area contributed by atoms with Crippen molar-refractivity contribution < 1.29 is 13.2 Å². The van der Waals surface area contributed by atoms with Crippen molar-refractivity contribution in [3.63, 3.8) is 0 Å². The van der Waals surface area contributed by atoms with Crippen LogP contribution in [0.3, 0.4) is 0 Å². The predicted octanol–water partition coefficient (Wildman–Crippen LogP) is 1.75. The molecule has 9 nitrogen and oxygen atoms in total. The molecule has 1 saturated heterocycles. The van der Waals surface area contributed by atoms with Crippen LogP contribution in [0.25, 0.3) is 11.3 Å². The van der Waals surface area contributed by atoms with Crippen LogP contribution >= 0.6 is 11.3 Å². The van der Waals surface area contributed by atoms with Crippen molar-refractivity contribution in [3.8, 4) is 11.3 Å². The Bertz CT molecular complexity index is 1190. The number of carbonyl (C=O) groups is 1. The Labute approximate surface area is 190 Å². The summed E-state index contributed by atoms with van der Waals surface area (Å²) < 4.78 is 27.6. The van der Waals surface area contributed by atoms with Gasteiger partial charge in [0, 0.05) is 24.7 Å². The fraction of sp³-hybridized carbons (Fsp3) is 0.286. The summed E-state index contributed by atoms with van der Waals surface area (Å²) in [6.07, 6.45) is 3.40. The second kappa shape index (κ2) is 9.74. The molecule has 32 heavy (non-hydrogen) atoms. The van der Waals surface area contributed by atoms with E-state index < -0.39 is 10.0 Å². The third kappa shape index (κ3) is 5.30. The summed E-state index contributed by atoms with van der Waals surface area (Å²) in [6, 6.07) is 10.5. The van der Waals surface area contributed by atoms with Crippen molar-refractivity contribution in [1.82, 2.24) is 25.3 Å².